The molecule has 2 aromatic heterocycles. The Morgan fingerprint density at radius 2 is 1.19 bits per heavy atom. The number of carbonyl (C=O) groups is 3. The number of nitrogens with one attached hydrogen (secondary N) is 2. The first-order valence-electron chi connectivity index (χ1n) is 17.1. The average Bonchev–Trinajstić information content (AvgIpc) is 3.80. The van der Waals surface area contributed by atoms with Crippen LogP contribution in [-0.4, -0.2) is 64.6 Å². The Labute approximate surface area is 309 Å². The van der Waals surface area contributed by atoms with Gasteiger partial charge in [-0.3, -0.25) is 20.2 Å². The number of aromatic hydroxyl groups is 2. The first-order valence-corrected chi connectivity index (χ1v) is 17.1. The Balaban J connectivity index is 0.000000219. The second-order valence-corrected chi connectivity index (χ2v) is 12.6. The summed E-state index contributed by atoms with van der Waals surface area (Å²) in [6.45, 7) is 7.04. The summed E-state index contributed by atoms with van der Waals surface area (Å²) in [7, 11) is 0. The van der Waals surface area contributed by atoms with Crippen LogP contribution in [0.5, 0.6) is 11.5 Å². The van der Waals surface area contributed by atoms with E-state index in [1.54, 1.807) is 18.2 Å². The van der Waals surface area contributed by atoms with Crippen LogP contribution in [0.15, 0.2) is 109 Å². The number of urea groups is 1. The number of barbiturate groups is 1. The van der Waals surface area contributed by atoms with Crippen molar-refractivity contribution in [2.45, 2.75) is 27.3 Å². The maximum Gasteiger partial charge on any atom is 0.328 e. The predicted molar refractivity (Wildman–Crippen MR) is 203 cm³/mol. The van der Waals surface area contributed by atoms with Crippen molar-refractivity contribution in [2.24, 2.45) is 0 Å². The number of amides is 4. The van der Waals surface area contributed by atoms with Crippen LogP contribution >= 0.6 is 0 Å². The lowest BCUT2D eigenvalue weighted by Gasteiger charge is -2.24. The van der Waals surface area contributed by atoms with Crippen LogP contribution in [-0.2, 0) is 16.1 Å². The minimum absolute atomic E-state index is 0.106. The largest absolute Gasteiger partial charge is 0.506 e. The molecular weight excluding hydrogens is 686 g/mol. The first-order chi connectivity index (χ1) is 26.1. The lowest BCUT2D eigenvalue weighted by Crippen LogP contribution is -2.51. The van der Waals surface area contributed by atoms with Crippen molar-refractivity contribution in [2.75, 3.05) is 11.4 Å². The van der Waals surface area contributed by atoms with E-state index in [0.717, 1.165) is 44.4 Å². The van der Waals surface area contributed by atoms with E-state index in [-0.39, 0.29) is 17.1 Å². The molecule has 8 rings (SSSR count). The molecule has 4 amide bonds. The summed E-state index contributed by atoms with van der Waals surface area (Å²) < 4.78 is 0. The van der Waals surface area contributed by atoms with Gasteiger partial charge in [-0.05, 0) is 98.1 Å². The lowest BCUT2D eigenvalue weighted by atomic mass is 10.1. The summed E-state index contributed by atoms with van der Waals surface area (Å²) >= 11 is 0. The molecule has 0 spiro atoms. The maximum absolute atomic E-state index is 12.0. The molecule has 1 saturated heterocycles. The van der Waals surface area contributed by atoms with E-state index in [9.17, 15) is 24.6 Å². The Morgan fingerprint density at radius 1 is 0.667 bits per heavy atom. The molecule has 54 heavy (non-hydrogen) atoms. The SMILES string of the molecule is CCN(Cc1cc(C)cc(-n2nc3ccccc3n2)c1O)c1ccc(C=C2C(=O)NC(=O)NC2=O)cc1.Cc1ccc(O)c(-n2nc3ccccc3n2)c1. The second-order valence-electron chi connectivity index (χ2n) is 12.6. The normalized spacial score (nSPS) is 12.6. The molecule has 4 N–H and O–H groups in total. The number of carbonyl (C=O) groups excluding carboxylic acids is 3. The van der Waals surface area contributed by atoms with E-state index >= 15 is 0 Å². The van der Waals surface area contributed by atoms with Gasteiger partial charge < -0.3 is 15.1 Å². The minimum Gasteiger partial charge on any atom is -0.506 e. The summed E-state index contributed by atoms with van der Waals surface area (Å²) in [5, 5.41) is 42.7. The Morgan fingerprint density at radius 3 is 1.72 bits per heavy atom. The van der Waals surface area contributed by atoms with Crippen molar-refractivity contribution in [3.8, 4) is 22.9 Å². The molecule has 0 bridgehead atoms. The zero-order valence-electron chi connectivity index (χ0n) is 29.6. The van der Waals surface area contributed by atoms with Gasteiger partial charge in [0.2, 0.25) is 0 Å². The van der Waals surface area contributed by atoms with Gasteiger partial charge in [0.25, 0.3) is 11.8 Å². The molecule has 0 saturated carbocycles. The first kappa shape index (κ1) is 35.1. The van der Waals surface area contributed by atoms with Crippen molar-refractivity contribution < 1.29 is 24.6 Å². The van der Waals surface area contributed by atoms with Gasteiger partial charge in [0.1, 0.15) is 50.5 Å². The summed E-state index contributed by atoms with van der Waals surface area (Å²) in [5.74, 6) is -1.19. The third-order valence-corrected chi connectivity index (χ3v) is 8.70. The molecule has 0 radical (unpaired) electrons. The highest BCUT2D eigenvalue weighted by Gasteiger charge is 2.27. The van der Waals surface area contributed by atoms with Crippen LogP contribution in [0.3, 0.4) is 0 Å². The molecule has 1 aliphatic rings. The highest BCUT2D eigenvalue weighted by atomic mass is 16.3. The summed E-state index contributed by atoms with van der Waals surface area (Å²) in [6, 6.07) is 30.8. The quantitative estimate of drug-likeness (QED) is 0.119. The van der Waals surface area contributed by atoms with Crippen LogP contribution in [0.1, 0.15) is 29.2 Å². The number of phenols is 2. The van der Waals surface area contributed by atoms with E-state index in [2.05, 4.69) is 35.9 Å². The Bertz CT molecular complexity index is 2500. The van der Waals surface area contributed by atoms with Crippen LogP contribution in [0.2, 0.25) is 0 Å². The highest BCUT2D eigenvalue weighted by Crippen LogP contribution is 2.31. The number of imide groups is 2. The fourth-order valence-corrected chi connectivity index (χ4v) is 5.98. The van der Waals surface area contributed by atoms with Gasteiger partial charge in [-0.1, -0.05) is 48.5 Å². The van der Waals surface area contributed by atoms with Crippen LogP contribution in [0, 0.1) is 13.8 Å². The van der Waals surface area contributed by atoms with Gasteiger partial charge in [-0.25, -0.2) is 4.79 Å². The molecule has 14 nitrogen and oxygen atoms in total. The fraction of sp³-hybridized carbons (Fsp3) is 0.125. The Kier molecular flexibility index (Phi) is 9.55. The molecule has 7 aromatic rings. The number of nitrogens with zero attached hydrogens (tertiary/aromatic N) is 7. The van der Waals surface area contributed by atoms with Crippen molar-refractivity contribution >= 4 is 51.7 Å². The van der Waals surface area contributed by atoms with E-state index in [1.165, 1.54) is 15.7 Å². The molecule has 270 valence electrons. The Hall–Kier alpha value is -7.35. The van der Waals surface area contributed by atoms with Gasteiger partial charge in [0.05, 0.1) is 0 Å². The number of aromatic nitrogens is 6. The highest BCUT2D eigenvalue weighted by molar-refractivity contribution is 6.31. The van der Waals surface area contributed by atoms with Gasteiger partial charge >= 0.3 is 6.03 Å². The van der Waals surface area contributed by atoms with E-state index in [0.29, 0.717) is 30.0 Å². The molecule has 5 aromatic carbocycles. The second kappa shape index (κ2) is 14.7. The number of phenolic OH excluding ortho intramolecular Hbond substituents is 2. The third-order valence-electron chi connectivity index (χ3n) is 8.70. The monoisotopic (exact) mass is 721 g/mol. The van der Waals surface area contributed by atoms with Crippen molar-refractivity contribution in [3.63, 3.8) is 0 Å². The molecule has 14 heteroatoms. The molecule has 3 heterocycles. The number of benzene rings is 5. The van der Waals surface area contributed by atoms with Crippen molar-refractivity contribution in [3.05, 3.63) is 131 Å². The van der Waals surface area contributed by atoms with Crippen LogP contribution in [0.25, 0.3) is 39.5 Å². The number of anilines is 1. The molecule has 1 fully saturated rings. The van der Waals surface area contributed by atoms with Crippen LogP contribution < -0.4 is 15.5 Å². The molecule has 0 unspecified atom stereocenters. The lowest BCUT2D eigenvalue weighted by molar-refractivity contribution is -0.123. The summed E-state index contributed by atoms with van der Waals surface area (Å²) in [5.41, 5.74) is 8.34. The van der Waals surface area contributed by atoms with Crippen molar-refractivity contribution in [1.82, 2.24) is 40.6 Å². The van der Waals surface area contributed by atoms with Gasteiger partial charge in [0, 0.05) is 24.3 Å². The molecule has 0 aliphatic carbocycles. The van der Waals surface area contributed by atoms with E-state index in [1.807, 2.05) is 106 Å². The number of hydrogen-bond donors (Lipinski definition) is 4. The van der Waals surface area contributed by atoms with Crippen LogP contribution in [0.4, 0.5) is 10.5 Å². The van der Waals surface area contributed by atoms with Crippen molar-refractivity contribution in [1.29, 1.82) is 0 Å². The third kappa shape index (κ3) is 7.34. The maximum atomic E-state index is 12.0. The zero-order chi connectivity index (χ0) is 37.9. The number of rotatable bonds is 7. The topological polar surface area (TPSA) is 180 Å². The predicted octanol–water partition coefficient (Wildman–Crippen LogP) is 5.64. The number of aryl methyl sites for hydroxylation is 2. The average molecular weight is 722 g/mol. The van der Waals surface area contributed by atoms with E-state index in [4.69, 9.17) is 0 Å². The van der Waals surface area contributed by atoms with E-state index < -0.39 is 17.8 Å². The molecular formula is C40H35N9O5. The van der Waals surface area contributed by atoms with Gasteiger partial charge in [-0.15, -0.1) is 30.0 Å². The smallest absolute Gasteiger partial charge is 0.328 e. The van der Waals surface area contributed by atoms with Gasteiger partial charge in [0.15, 0.2) is 0 Å². The fourth-order valence-electron chi connectivity index (χ4n) is 5.98. The standard InChI is InChI=1S/C27H24N6O4.C13H11N3O/c1-3-32(19-10-8-17(9-11-19)14-20-25(35)28-27(37)29-26(20)36)15-18-12-16(2)13-23(24(18)34)33-30-21-6-4-5-7-22(21)31-33;1-9-6-7-13(17)12(8-9)16-14-10-4-2-3-5-11(10)15-16/h4-14,34H,3,15H2,1-2H3,(H2,28,29,35,36,37);2-8,17H,1H3. The van der Waals surface area contributed by atoms with Gasteiger partial charge in [-0.2, -0.15) is 0 Å². The summed E-state index contributed by atoms with van der Waals surface area (Å²) in [4.78, 5) is 40.2. The number of fused-ring (bicyclic) bond motifs is 2. The molecule has 0 atom stereocenters. The summed E-state index contributed by atoms with van der Waals surface area (Å²) in [6.07, 6.45) is 1.43. The zero-order valence-corrected chi connectivity index (χ0v) is 29.6. The minimum atomic E-state index is -0.833. The molecule has 1 aliphatic heterocycles. The number of hydrogen-bond acceptors (Lipinski definition) is 10.